The molecule has 0 radical (unpaired) electrons. The number of carbonyl (C=O) groups is 3. The Hall–Kier alpha value is -3.85. The first kappa shape index (κ1) is 22.8. The number of aromatic hydroxyl groups is 1. The number of benzene rings is 2. The van der Waals surface area contributed by atoms with E-state index in [0.29, 0.717) is 10.6 Å². The molecular weight excluding hydrogens is 434 g/mol. The third-order valence-electron chi connectivity index (χ3n) is 4.18. The number of thiophene rings is 1. The summed E-state index contributed by atoms with van der Waals surface area (Å²) >= 11 is 1.17. The van der Waals surface area contributed by atoms with Crippen LogP contribution in [0.4, 0.5) is 5.00 Å². The molecule has 0 unspecified atom stereocenters. The maximum absolute atomic E-state index is 12.5. The summed E-state index contributed by atoms with van der Waals surface area (Å²) in [7, 11) is 0. The molecule has 0 aliphatic heterocycles. The lowest BCUT2D eigenvalue weighted by atomic mass is 10.0. The summed E-state index contributed by atoms with van der Waals surface area (Å²) in [4.78, 5) is 36.7. The molecule has 1 aromatic heterocycles. The van der Waals surface area contributed by atoms with Crippen molar-refractivity contribution in [3.8, 4) is 22.6 Å². The third-order valence-corrected chi connectivity index (χ3v) is 5.08. The Bertz CT molecular complexity index is 1090. The molecule has 8 nitrogen and oxygen atoms in total. The number of amides is 1. The topological polar surface area (TPSA) is 111 Å². The van der Waals surface area contributed by atoms with E-state index in [1.807, 2.05) is 30.3 Å². The number of rotatable bonds is 9. The van der Waals surface area contributed by atoms with Crippen LogP contribution in [0.3, 0.4) is 0 Å². The zero-order valence-electron chi connectivity index (χ0n) is 17.2. The number of carbonyl (C=O) groups excluding carboxylic acids is 3. The predicted molar refractivity (Wildman–Crippen MR) is 119 cm³/mol. The van der Waals surface area contributed by atoms with Gasteiger partial charge >= 0.3 is 11.9 Å². The number of phenols is 1. The van der Waals surface area contributed by atoms with Gasteiger partial charge in [-0.15, -0.1) is 11.3 Å². The second-order valence-electron chi connectivity index (χ2n) is 6.41. The normalized spacial score (nSPS) is 10.3. The fourth-order valence-corrected chi connectivity index (χ4v) is 3.73. The molecule has 9 heteroatoms. The summed E-state index contributed by atoms with van der Waals surface area (Å²) in [5.41, 5.74) is 1.68. The van der Waals surface area contributed by atoms with E-state index in [1.54, 1.807) is 24.4 Å². The Balaban J connectivity index is 1.62. The van der Waals surface area contributed by atoms with Gasteiger partial charge in [-0.3, -0.25) is 4.79 Å². The van der Waals surface area contributed by atoms with Crippen molar-refractivity contribution >= 4 is 34.2 Å². The first-order valence-corrected chi connectivity index (χ1v) is 10.6. The van der Waals surface area contributed by atoms with Gasteiger partial charge < -0.3 is 24.6 Å². The number of hydrogen-bond donors (Lipinski definition) is 2. The number of nitrogens with one attached hydrogen (secondary N) is 1. The van der Waals surface area contributed by atoms with Crippen molar-refractivity contribution in [2.75, 3.05) is 25.1 Å². The van der Waals surface area contributed by atoms with Crippen LogP contribution in [-0.4, -0.2) is 42.8 Å². The van der Waals surface area contributed by atoms with Gasteiger partial charge in [0.2, 0.25) is 0 Å². The van der Waals surface area contributed by atoms with E-state index in [4.69, 9.17) is 14.2 Å². The van der Waals surface area contributed by atoms with Crippen molar-refractivity contribution in [3.63, 3.8) is 0 Å². The number of phenolic OH excluding ortho intramolecular Hbond substituents is 1. The molecule has 1 amide bonds. The first-order chi connectivity index (χ1) is 15.5. The number of esters is 2. The standard InChI is InChI=1S/C23H21NO7S/c1-2-29-23(28)21-16(15-8-4-3-5-9-15)14-32-22(21)24-19(26)12-31-20(27)13-30-18-11-7-6-10-17(18)25/h3-11,14,25H,2,12-13H2,1H3,(H,24,26). The highest BCUT2D eigenvalue weighted by molar-refractivity contribution is 7.15. The molecule has 0 atom stereocenters. The molecule has 0 spiro atoms. The maximum atomic E-state index is 12.5. The van der Waals surface area contributed by atoms with E-state index in [2.05, 4.69) is 5.32 Å². The lowest BCUT2D eigenvalue weighted by Crippen LogP contribution is -2.24. The van der Waals surface area contributed by atoms with Gasteiger partial charge in [0.05, 0.1) is 6.61 Å². The van der Waals surface area contributed by atoms with Crippen LogP contribution in [0.1, 0.15) is 17.3 Å². The van der Waals surface area contributed by atoms with Gasteiger partial charge in [0, 0.05) is 10.9 Å². The molecule has 0 saturated heterocycles. The van der Waals surface area contributed by atoms with E-state index in [1.165, 1.54) is 23.5 Å². The molecule has 1 heterocycles. The van der Waals surface area contributed by atoms with Crippen molar-refractivity contribution in [1.29, 1.82) is 0 Å². The summed E-state index contributed by atoms with van der Waals surface area (Å²) < 4.78 is 15.2. The molecule has 0 bridgehead atoms. The van der Waals surface area contributed by atoms with Crippen LogP contribution < -0.4 is 10.1 Å². The Labute approximate surface area is 188 Å². The molecule has 3 aromatic rings. The first-order valence-electron chi connectivity index (χ1n) is 9.70. The summed E-state index contributed by atoms with van der Waals surface area (Å²) in [5.74, 6) is -1.95. The van der Waals surface area contributed by atoms with E-state index in [0.717, 1.165) is 5.56 Å². The molecule has 0 fully saturated rings. The predicted octanol–water partition coefficient (Wildman–Crippen LogP) is 3.86. The van der Waals surface area contributed by atoms with Gasteiger partial charge in [0.1, 0.15) is 10.6 Å². The van der Waals surface area contributed by atoms with Crippen molar-refractivity contribution in [2.45, 2.75) is 6.92 Å². The monoisotopic (exact) mass is 455 g/mol. The van der Waals surface area contributed by atoms with Gasteiger partial charge in [-0.05, 0) is 24.6 Å². The van der Waals surface area contributed by atoms with Gasteiger partial charge in [0.25, 0.3) is 5.91 Å². The van der Waals surface area contributed by atoms with Crippen LogP contribution in [0.25, 0.3) is 11.1 Å². The smallest absolute Gasteiger partial charge is 0.344 e. The lowest BCUT2D eigenvalue weighted by molar-refractivity contribution is -0.149. The van der Waals surface area contributed by atoms with Gasteiger partial charge in [0.15, 0.2) is 24.7 Å². The van der Waals surface area contributed by atoms with Crippen molar-refractivity contribution in [1.82, 2.24) is 0 Å². The molecule has 32 heavy (non-hydrogen) atoms. The Morgan fingerprint density at radius 2 is 1.69 bits per heavy atom. The minimum atomic E-state index is -0.787. The van der Waals surface area contributed by atoms with Crippen LogP contribution >= 0.6 is 11.3 Å². The number of ether oxygens (including phenoxy) is 3. The lowest BCUT2D eigenvalue weighted by Gasteiger charge is -2.10. The fourth-order valence-electron chi connectivity index (χ4n) is 2.75. The molecule has 166 valence electrons. The maximum Gasteiger partial charge on any atom is 0.344 e. The SMILES string of the molecule is CCOC(=O)c1c(-c2ccccc2)csc1NC(=O)COC(=O)COc1ccccc1O. The molecule has 0 aliphatic carbocycles. The van der Waals surface area contributed by atoms with Crippen molar-refractivity contribution in [3.05, 3.63) is 65.5 Å². The van der Waals surface area contributed by atoms with Gasteiger partial charge in [-0.1, -0.05) is 42.5 Å². The quantitative estimate of drug-likeness (QED) is 0.471. The van der Waals surface area contributed by atoms with Crippen molar-refractivity contribution < 1.29 is 33.7 Å². The molecule has 2 N–H and O–H groups in total. The zero-order valence-corrected chi connectivity index (χ0v) is 18.0. The zero-order chi connectivity index (χ0) is 22.9. The average molecular weight is 455 g/mol. The largest absolute Gasteiger partial charge is 0.504 e. The number of hydrogen-bond acceptors (Lipinski definition) is 8. The minimum Gasteiger partial charge on any atom is -0.504 e. The van der Waals surface area contributed by atoms with Gasteiger partial charge in [-0.2, -0.15) is 0 Å². The van der Waals surface area contributed by atoms with Crippen LogP contribution in [0.2, 0.25) is 0 Å². The second-order valence-corrected chi connectivity index (χ2v) is 7.28. The van der Waals surface area contributed by atoms with Gasteiger partial charge in [-0.25, -0.2) is 9.59 Å². The fraction of sp³-hybridized carbons (Fsp3) is 0.174. The minimum absolute atomic E-state index is 0.114. The molecule has 3 rings (SSSR count). The van der Waals surface area contributed by atoms with Crippen LogP contribution in [0.5, 0.6) is 11.5 Å². The summed E-state index contributed by atoms with van der Waals surface area (Å²) in [6, 6.07) is 15.4. The van der Waals surface area contributed by atoms with E-state index >= 15 is 0 Å². The van der Waals surface area contributed by atoms with Crippen LogP contribution in [0, 0.1) is 0 Å². The highest BCUT2D eigenvalue weighted by Crippen LogP contribution is 2.36. The van der Waals surface area contributed by atoms with E-state index in [9.17, 15) is 19.5 Å². The number of para-hydroxylation sites is 2. The Kier molecular flexibility index (Phi) is 7.82. The molecule has 0 aliphatic rings. The van der Waals surface area contributed by atoms with Crippen molar-refractivity contribution in [2.24, 2.45) is 0 Å². The molecular formula is C23H21NO7S. The Morgan fingerprint density at radius 1 is 0.969 bits per heavy atom. The summed E-state index contributed by atoms with van der Waals surface area (Å²) in [6.45, 7) is 0.839. The summed E-state index contributed by atoms with van der Waals surface area (Å²) in [5, 5.41) is 14.3. The second kappa shape index (κ2) is 11.0. The van der Waals surface area contributed by atoms with E-state index in [-0.39, 0.29) is 23.7 Å². The van der Waals surface area contributed by atoms with Crippen LogP contribution in [-0.2, 0) is 19.1 Å². The number of anilines is 1. The molecule has 2 aromatic carbocycles. The summed E-state index contributed by atoms with van der Waals surface area (Å²) in [6.07, 6.45) is 0. The van der Waals surface area contributed by atoms with E-state index < -0.39 is 31.1 Å². The molecule has 0 saturated carbocycles. The Morgan fingerprint density at radius 3 is 2.41 bits per heavy atom. The highest BCUT2D eigenvalue weighted by Gasteiger charge is 2.23. The average Bonchev–Trinajstić information content (AvgIpc) is 3.21. The van der Waals surface area contributed by atoms with Crippen LogP contribution in [0.15, 0.2) is 60.0 Å². The highest BCUT2D eigenvalue weighted by atomic mass is 32.1. The third kappa shape index (κ3) is 5.86.